The van der Waals surface area contributed by atoms with E-state index < -0.39 is 0 Å². The number of benzene rings is 2. The van der Waals surface area contributed by atoms with Crippen LogP contribution >= 0.6 is 0 Å². The molecule has 0 spiro atoms. The molecular weight excluding hydrogens is 402 g/mol. The summed E-state index contributed by atoms with van der Waals surface area (Å²) < 4.78 is 5.61. The fourth-order valence-corrected chi connectivity index (χ4v) is 4.32. The smallest absolute Gasteiger partial charge is 0.277 e. The quantitative estimate of drug-likeness (QED) is 0.627. The lowest BCUT2D eigenvalue weighted by Crippen LogP contribution is -2.47. The summed E-state index contributed by atoms with van der Waals surface area (Å²) in [4.78, 5) is 32.5. The lowest BCUT2D eigenvalue weighted by molar-refractivity contribution is -0.138. The first-order valence-corrected chi connectivity index (χ1v) is 11.3. The molecule has 2 aliphatic rings. The summed E-state index contributed by atoms with van der Waals surface area (Å²) in [5.74, 6) is -0.449. The Hall–Kier alpha value is -3.12. The Labute approximate surface area is 190 Å². The monoisotopic (exact) mass is 433 g/mol. The summed E-state index contributed by atoms with van der Waals surface area (Å²) in [6.07, 6.45) is 0.0542. The number of anilines is 1. The third kappa shape index (κ3) is 4.55. The van der Waals surface area contributed by atoms with Gasteiger partial charge >= 0.3 is 0 Å². The van der Waals surface area contributed by atoms with E-state index in [0.29, 0.717) is 31.0 Å². The van der Waals surface area contributed by atoms with Gasteiger partial charge in [0.25, 0.3) is 11.8 Å². The molecule has 0 atom stereocenters. The molecule has 1 saturated heterocycles. The van der Waals surface area contributed by atoms with E-state index >= 15 is 0 Å². The molecule has 6 nitrogen and oxygen atoms in total. The maximum atomic E-state index is 13.4. The molecule has 2 aromatic rings. The maximum absolute atomic E-state index is 13.4. The highest BCUT2D eigenvalue weighted by Gasteiger charge is 2.41. The van der Waals surface area contributed by atoms with Crippen LogP contribution in [0.5, 0.6) is 0 Å². The van der Waals surface area contributed by atoms with Crippen LogP contribution in [0.25, 0.3) is 5.57 Å². The van der Waals surface area contributed by atoms with Crippen LogP contribution in [0.15, 0.2) is 60.3 Å². The summed E-state index contributed by atoms with van der Waals surface area (Å²) in [5, 5.41) is 0. The Bertz CT molecular complexity index is 1010. The largest absolute Gasteiger partial charge is 0.377 e. The van der Waals surface area contributed by atoms with Gasteiger partial charge in [-0.05, 0) is 44.0 Å². The summed E-state index contributed by atoms with van der Waals surface area (Å²) in [6, 6.07) is 18.0. The Kier molecular flexibility index (Phi) is 6.61. The van der Waals surface area contributed by atoms with Crippen molar-refractivity contribution in [1.29, 1.82) is 0 Å². The topological polar surface area (TPSA) is 53.1 Å². The normalized spacial score (nSPS) is 17.2. The van der Waals surface area contributed by atoms with Gasteiger partial charge in [-0.25, -0.2) is 0 Å². The molecular formula is C26H31N3O3. The zero-order valence-corrected chi connectivity index (χ0v) is 19.1. The molecule has 2 heterocycles. The van der Waals surface area contributed by atoms with Gasteiger partial charge in [-0.1, -0.05) is 42.5 Å². The second-order valence-corrected chi connectivity index (χ2v) is 8.58. The molecule has 32 heavy (non-hydrogen) atoms. The zero-order valence-electron chi connectivity index (χ0n) is 19.1. The highest BCUT2D eigenvalue weighted by atomic mass is 16.5. The van der Waals surface area contributed by atoms with Crippen LogP contribution in [0.1, 0.15) is 25.0 Å². The molecule has 0 saturated carbocycles. The van der Waals surface area contributed by atoms with Crippen molar-refractivity contribution < 1.29 is 14.3 Å². The van der Waals surface area contributed by atoms with Crippen LogP contribution in [0.4, 0.5) is 5.69 Å². The molecule has 0 bridgehead atoms. The number of hydrogen-bond donors (Lipinski definition) is 0. The summed E-state index contributed by atoms with van der Waals surface area (Å²) in [6.45, 7) is 9.56. The zero-order chi connectivity index (χ0) is 22.7. The molecule has 168 valence electrons. The van der Waals surface area contributed by atoms with Crippen molar-refractivity contribution in [2.24, 2.45) is 0 Å². The Morgan fingerprint density at radius 3 is 2.22 bits per heavy atom. The van der Waals surface area contributed by atoms with Crippen LogP contribution in [0.2, 0.25) is 0 Å². The average molecular weight is 434 g/mol. The number of nitrogens with zero attached hydrogens (tertiary/aromatic N) is 3. The first-order valence-electron chi connectivity index (χ1n) is 11.3. The highest BCUT2D eigenvalue weighted by molar-refractivity contribution is 6.35. The average Bonchev–Trinajstić information content (AvgIpc) is 3.04. The fraction of sp³-hybridized carbons (Fsp3) is 0.385. The number of amides is 2. The van der Waals surface area contributed by atoms with Gasteiger partial charge in [0.1, 0.15) is 5.70 Å². The predicted octanol–water partition coefficient (Wildman–Crippen LogP) is 3.32. The van der Waals surface area contributed by atoms with E-state index in [1.165, 1.54) is 16.2 Å². The van der Waals surface area contributed by atoms with Crippen molar-refractivity contribution in [3.05, 3.63) is 71.4 Å². The minimum absolute atomic E-state index is 0.0542. The number of hydrogen-bond acceptors (Lipinski definition) is 5. The predicted molar refractivity (Wildman–Crippen MR) is 126 cm³/mol. The van der Waals surface area contributed by atoms with E-state index in [2.05, 4.69) is 41.0 Å². The summed E-state index contributed by atoms with van der Waals surface area (Å²) >= 11 is 0. The molecule has 6 heteroatoms. The lowest BCUT2D eigenvalue weighted by atomic mass is 10.0. The minimum Gasteiger partial charge on any atom is -0.377 e. The van der Waals surface area contributed by atoms with Gasteiger partial charge in [-0.15, -0.1) is 0 Å². The number of rotatable bonds is 7. The molecule has 2 aliphatic heterocycles. The molecule has 4 rings (SSSR count). The molecule has 0 N–H and O–H groups in total. The standard InChI is InChI=1S/C26H31N3O3/c1-19(2)32-17-16-29-25(30)23(21-9-5-4-6-10-21)24(26(29)31)28-14-12-27(13-15-28)22-11-7-8-20(3)18-22/h4-11,18-19H,12-17H2,1-3H3. The second kappa shape index (κ2) is 9.57. The Balaban J connectivity index is 1.57. The van der Waals surface area contributed by atoms with E-state index in [1.54, 1.807) is 0 Å². The summed E-state index contributed by atoms with van der Waals surface area (Å²) in [7, 11) is 0. The molecule has 2 amide bonds. The van der Waals surface area contributed by atoms with Gasteiger partial charge in [0.2, 0.25) is 0 Å². The summed E-state index contributed by atoms with van der Waals surface area (Å²) in [5.41, 5.74) is 4.24. The van der Waals surface area contributed by atoms with Crippen LogP contribution in [0.3, 0.4) is 0 Å². The van der Waals surface area contributed by atoms with Crippen LogP contribution < -0.4 is 4.90 Å². The molecule has 0 radical (unpaired) electrons. The van der Waals surface area contributed by atoms with Gasteiger partial charge in [0.15, 0.2) is 0 Å². The third-order valence-electron chi connectivity index (χ3n) is 5.93. The van der Waals surface area contributed by atoms with Crippen molar-refractivity contribution in [1.82, 2.24) is 9.80 Å². The number of carbonyl (C=O) groups excluding carboxylic acids is 2. The number of carbonyl (C=O) groups is 2. The van der Waals surface area contributed by atoms with Gasteiger partial charge < -0.3 is 14.5 Å². The molecule has 1 fully saturated rings. The first-order chi connectivity index (χ1) is 15.5. The Morgan fingerprint density at radius 1 is 0.875 bits per heavy atom. The lowest BCUT2D eigenvalue weighted by Gasteiger charge is -2.37. The van der Waals surface area contributed by atoms with E-state index in [1.807, 2.05) is 44.2 Å². The van der Waals surface area contributed by atoms with E-state index in [4.69, 9.17) is 4.74 Å². The van der Waals surface area contributed by atoms with Crippen LogP contribution in [0, 0.1) is 6.92 Å². The molecule has 0 unspecified atom stereocenters. The number of aryl methyl sites for hydroxylation is 1. The highest BCUT2D eigenvalue weighted by Crippen LogP contribution is 2.32. The van der Waals surface area contributed by atoms with Crippen molar-refractivity contribution >= 4 is 23.1 Å². The van der Waals surface area contributed by atoms with E-state index in [-0.39, 0.29) is 24.5 Å². The SMILES string of the molecule is Cc1cccc(N2CCN(C3=C(c4ccccc4)C(=O)N(CCOC(C)C)C3=O)CC2)c1. The van der Waals surface area contributed by atoms with E-state index in [0.717, 1.165) is 18.7 Å². The van der Waals surface area contributed by atoms with Gasteiger partial charge in [0, 0.05) is 31.9 Å². The Morgan fingerprint density at radius 2 is 1.56 bits per heavy atom. The van der Waals surface area contributed by atoms with Gasteiger partial charge in [-0.2, -0.15) is 0 Å². The number of piperazine rings is 1. The third-order valence-corrected chi connectivity index (χ3v) is 5.93. The molecule has 0 aliphatic carbocycles. The van der Waals surface area contributed by atoms with E-state index in [9.17, 15) is 9.59 Å². The number of imide groups is 1. The minimum atomic E-state index is -0.232. The first kappa shape index (κ1) is 22.1. The van der Waals surface area contributed by atoms with Crippen molar-refractivity contribution in [2.75, 3.05) is 44.2 Å². The van der Waals surface area contributed by atoms with Crippen molar-refractivity contribution in [3.63, 3.8) is 0 Å². The molecule has 0 aromatic heterocycles. The molecule has 2 aromatic carbocycles. The van der Waals surface area contributed by atoms with Gasteiger partial charge in [-0.3, -0.25) is 14.5 Å². The van der Waals surface area contributed by atoms with Crippen LogP contribution in [-0.2, 0) is 14.3 Å². The second-order valence-electron chi connectivity index (χ2n) is 8.58. The van der Waals surface area contributed by atoms with Gasteiger partial charge in [0.05, 0.1) is 24.8 Å². The van der Waals surface area contributed by atoms with Crippen LogP contribution in [-0.4, -0.2) is 67.0 Å². The fourth-order valence-electron chi connectivity index (χ4n) is 4.32. The van der Waals surface area contributed by atoms with Crippen molar-refractivity contribution in [2.45, 2.75) is 26.9 Å². The maximum Gasteiger partial charge on any atom is 0.277 e. The van der Waals surface area contributed by atoms with Crippen molar-refractivity contribution in [3.8, 4) is 0 Å². The number of ether oxygens (including phenoxy) is 1.